The Morgan fingerprint density at radius 2 is 0.913 bits per heavy atom. The van der Waals surface area contributed by atoms with Gasteiger partial charge in [-0.15, -0.1) is 0 Å². The van der Waals surface area contributed by atoms with E-state index in [0.717, 1.165) is 31.4 Å². The molecule has 0 aliphatic heterocycles. The first-order chi connectivity index (χ1) is 10.7. The van der Waals surface area contributed by atoms with Gasteiger partial charge >= 0.3 is 0 Å². The second kappa shape index (κ2) is 10.7. The standard InChI is InChI=1S/C13H12O2.2C2H4O2/c14-12-5-1-10(2-6-12)9-11-3-7-13(15)8-4-11;2*1-2(3)4/h1-8,14-15H,9H2;2*1H3,(H,3,4). The Bertz CT molecular complexity index is 538. The third-order valence-electron chi connectivity index (χ3n) is 2.28. The minimum Gasteiger partial charge on any atom is -0.508 e. The van der Waals surface area contributed by atoms with E-state index >= 15 is 0 Å². The van der Waals surface area contributed by atoms with Gasteiger partial charge in [-0.2, -0.15) is 0 Å². The molecule has 0 aliphatic carbocycles. The average Bonchev–Trinajstić information content (AvgIpc) is 2.43. The summed E-state index contributed by atoms with van der Waals surface area (Å²) in [6, 6.07) is 14.3. The molecular weight excluding hydrogens is 300 g/mol. The van der Waals surface area contributed by atoms with Crippen LogP contribution >= 0.6 is 0 Å². The molecule has 124 valence electrons. The van der Waals surface area contributed by atoms with Crippen molar-refractivity contribution in [3.05, 3.63) is 59.7 Å². The van der Waals surface area contributed by atoms with Crippen molar-refractivity contribution < 1.29 is 30.0 Å². The lowest BCUT2D eigenvalue weighted by molar-refractivity contribution is -0.135. The molecule has 0 aromatic heterocycles. The van der Waals surface area contributed by atoms with E-state index in [9.17, 15) is 0 Å². The van der Waals surface area contributed by atoms with E-state index in [1.165, 1.54) is 0 Å². The van der Waals surface area contributed by atoms with Crippen LogP contribution in [0, 0.1) is 0 Å². The van der Waals surface area contributed by atoms with Crippen molar-refractivity contribution in [1.82, 2.24) is 0 Å². The minimum absolute atomic E-state index is 0.282. The van der Waals surface area contributed by atoms with Gasteiger partial charge in [0.25, 0.3) is 11.9 Å². The molecule has 0 radical (unpaired) electrons. The zero-order valence-corrected chi connectivity index (χ0v) is 12.9. The number of hydrogen-bond donors (Lipinski definition) is 4. The van der Waals surface area contributed by atoms with Crippen LogP contribution in [-0.4, -0.2) is 32.4 Å². The molecule has 0 aliphatic rings. The second-order valence-corrected chi connectivity index (χ2v) is 4.55. The lowest BCUT2D eigenvalue weighted by Gasteiger charge is -2.02. The van der Waals surface area contributed by atoms with Gasteiger partial charge in [0, 0.05) is 13.8 Å². The van der Waals surface area contributed by atoms with Gasteiger partial charge in [-0.1, -0.05) is 24.3 Å². The fraction of sp³-hybridized carbons (Fsp3) is 0.176. The highest BCUT2D eigenvalue weighted by molar-refractivity contribution is 5.63. The molecule has 0 fully saturated rings. The summed E-state index contributed by atoms with van der Waals surface area (Å²) in [7, 11) is 0. The molecule has 0 saturated carbocycles. The van der Waals surface area contributed by atoms with Gasteiger partial charge in [0.1, 0.15) is 11.5 Å². The van der Waals surface area contributed by atoms with E-state index in [1.54, 1.807) is 24.3 Å². The highest BCUT2D eigenvalue weighted by Crippen LogP contribution is 2.15. The van der Waals surface area contributed by atoms with Crippen molar-refractivity contribution in [1.29, 1.82) is 0 Å². The SMILES string of the molecule is CC(=O)O.CC(=O)O.Oc1ccc(Cc2ccc(O)cc2)cc1. The lowest BCUT2D eigenvalue weighted by Crippen LogP contribution is -1.86. The fourth-order valence-corrected chi connectivity index (χ4v) is 1.46. The fourth-order valence-electron chi connectivity index (χ4n) is 1.46. The van der Waals surface area contributed by atoms with E-state index in [1.807, 2.05) is 24.3 Å². The molecule has 0 spiro atoms. The predicted molar refractivity (Wildman–Crippen MR) is 85.6 cm³/mol. The summed E-state index contributed by atoms with van der Waals surface area (Å²) in [5, 5.41) is 33.1. The molecule has 0 atom stereocenters. The highest BCUT2D eigenvalue weighted by atomic mass is 16.4. The summed E-state index contributed by atoms with van der Waals surface area (Å²) in [6.07, 6.45) is 0.806. The molecule has 0 saturated heterocycles. The van der Waals surface area contributed by atoms with Gasteiger partial charge in [0.15, 0.2) is 0 Å². The van der Waals surface area contributed by atoms with E-state index in [0.29, 0.717) is 0 Å². The van der Waals surface area contributed by atoms with Crippen molar-refractivity contribution in [2.45, 2.75) is 20.3 Å². The Balaban J connectivity index is 0.000000509. The quantitative estimate of drug-likeness (QED) is 0.676. The molecule has 4 N–H and O–H groups in total. The molecular formula is C17H20O6. The monoisotopic (exact) mass is 320 g/mol. The van der Waals surface area contributed by atoms with Crippen LogP contribution in [-0.2, 0) is 16.0 Å². The molecule has 6 heteroatoms. The highest BCUT2D eigenvalue weighted by Gasteiger charge is 1.96. The molecule has 0 heterocycles. The maximum Gasteiger partial charge on any atom is 0.300 e. The number of aromatic hydroxyl groups is 2. The molecule has 23 heavy (non-hydrogen) atoms. The third kappa shape index (κ3) is 12.4. The van der Waals surface area contributed by atoms with Crippen LogP contribution in [0.3, 0.4) is 0 Å². The summed E-state index contributed by atoms with van der Waals surface area (Å²) in [6.45, 7) is 2.17. The Morgan fingerprint density at radius 1 is 0.696 bits per heavy atom. The molecule has 2 rings (SSSR count). The number of phenolic OH excluding ortho intramolecular Hbond substituents is 2. The predicted octanol–water partition coefficient (Wildman–Crippen LogP) is 2.87. The number of carboxylic acid groups (broad SMARTS) is 2. The van der Waals surface area contributed by atoms with Crippen molar-refractivity contribution in [3.8, 4) is 11.5 Å². The summed E-state index contributed by atoms with van der Waals surface area (Å²) >= 11 is 0. The van der Waals surface area contributed by atoms with Crippen molar-refractivity contribution in [2.24, 2.45) is 0 Å². The van der Waals surface area contributed by atoms with Gasteiger partial charge in [0.2, 0.25) is 0 Å². The summed E-state index contributed by atoms with van der Waals surface area (Å²) < 4.78 is 0. The summed E-state index contributed by atoms with van der Waals surface area (Å²) in [5.74, 6) is -1.10. The molecule has 2 aromatic rings. The van der Waals surface area contributed by atoms with Crippen molar-refractivity contribution in [2.75, 3.05) is 0 Å². The molecule has 0 bridgehead atoms. The van der Waals surface area contributed by atoms with E-state index < -0.39 is 11.9 Å². The van der Waals surface area contributed by atoms with E-state index in [4.69, 9.17) is 30.0 Å². The Hall–Kier alpha value is -3.02. The van der Waals surface area contributed by atoms with Crippen LogP contribution in [0.25, 0.3) is 0 Å². The van der Waals surface area contributed by atoms with Gasteiger partial charge < -0.3 is 20.4 Å². The van der Waals surface area contributed by atoms with Crippen LogP contribution in [0.2, 0.25) is 0 Å². The maximum absolute atomic E-state index is 9.13. The van der Waals surface area contributed by atoms with Crippen LogP contribution in [0.1, 0.15) is 25.0 Å². The van der Waals surface area contributed by atoms with Crippen molar-refractivity contribution in [3.63, 3.8) is 0 Å². The lowest BCUT2D eigenvalue weighted by atomic mass is 10.1. The molecule has 2 aromatic carbocycles. The number of hydrogen-bond acceptors (Lipinski definition) is 4. The largest absolute Gasteiger partial charge is 0.508 e. The van der Waals surface area contributed by atoms with Gasteiger partial charge in [-0.3, -0.25) is 9.59 Å². The first-order valence-electron chi connectivity index (χ1n) is 6.65. The minimum atomic E-state index is -0.833. The third-order valence-corrected chi connectivity index (χ3v) is 2.28. The zero-order valence-electron chi connectivity index (χ0n) is 12.9. The molecule has 0 amide bonds. The van der Waals surface area contributed by atoms with Crippen LogP contribution < -0.4 is 0 Å². The number of carbonyl (C=O) groups is 2. The summed E-state index contributed by atoms with van der Waals surface area (Å²) in [5.41, 5.74) is 2.27. The van der Waals surface area contributed by atoms with Crippen LogP contribution in [0.15, 0.2) is 48.5 Å². The Kier molecular flexibility index (Phi) is 9.27. The second-order valence-electron chi connectivity index (χ2n) is 4.55. The Morgan fingerprint density at radius 3 is 1.13 bits per heavy atom. The molecule has 0 unspecified atom stereocenters. The maximum atomic E-state index is 9.13. The zero-order chi connectivity index (χ0) is 17.8. The number of carboxylic acids is 2. The van der Waals surface area contributed by atoms with Crippen LogP contribution in [0.5, 0.6) is 11.5 Å². The number of phenols is 2. The first kappa shape index (κ1) is 20.0. The number of benzene rings is 2. The normalized spacial score (nSPS) is 8.78. The number of rotatable bonds is 2. The first-order valence-corrected chi connectivity index (χ1v) is 6.65. The van der Waals surface area contributed by atoms with E-state index in [-0.39, 0.29) is 11.5 Å². The summed E-state index contributed by atoms with van der Waals surface area (Å²) in [4.78, 5) is 18.0. The topological polar surface area (TPSA) is 115 Å². The Labute approximate surface area is 134 Å². The van der Waals surface area contributed by atoms with E-state index in [2.05, 4.69) is 0 Å². The van der Waals surface area contributed by atoms with Gasteiger partial charge in [-0.25, -0.2) is 0 Å². The average molecular weight is 320 g/mol. The smallest absolute Gasteiger partial charge is 0.300 e. The van der Waals surface area contributed by atoms with Crippen molar-refractivity contribution >= 4 is 11.9 Å². The van der Waals surface area contributed by atoms with Gasteiger partial charge in [0.05, 0.1) is 0 Å². The molecule has 6 nitrogen and oxygen atoms in total. The number of aliphatic carboxylic acids is 2. The van der Waals surface area contributed by atoms with Gasteiger partial charge in [-0.05, 0) is 41.8 Å². The van der Waals surface area contributed by atoms with Crippen LogP contribution in [0.4, 0.5) is 0 Å².